The molecular weight excluding hydrogens is 356 g/mol. The average molecular weight is 411 g/mol. The Morgan fingerprint density at radius 3 is 1.48 bits per heavy atom. The van der Waals surface area contributed by atoms with E-state index in [4.69, 9.17) is 4.74 Å². The predicted octanol–water partition coefficient (Wildman–Crippen LogP) is 9.40. The van der Waals surface area contributed by atoms with Crippen molar-refractivity contribution in [1.29, 1.82) is 0 Å². The van der Waals surface area contributed by atoms with Crippen LogP contribution < -0.4 is 0 Å². The molecule has 0 aromatic carbocycles. The van der Waals surface area contributed by atoms with Crippen molar-refractivity contribution < 1.29 is 9.53 Å². The third-order valence-electron chi connectivity index (χ3n) is 5.92. The highest BCUT2D eigenvalue weighted by Gasteiger charge is 2.02. The molecule has 0 atom stereocenters. The quantitative estimate of drug-likeness (QED) is 0.124. The van der Waals surface area contributed by atoms with Crippen LogP contribution in [0.25, 0.3) is 0 Å². The summed E-state index contributed by atoms with van der Waals surface area (Å²) in [6.45, 7) is 7.52. The lowest BCUT2D eigenvalue weighted by atomic mass is 10.0. The van der Waals surface area contributed by atoms with Crippen molar-refractivity contribution in [2.45, 2.75) is 156 Å². The van der Waals surface area contributed by atoms with Gasteiger partial charge in [-0.05, 0) is 18.8 Å². The summed E-state index contributed by atoms with van der Waals surface area (Å²) < 4.78 is 5.35. The lowest BCUT2D eigenvalue weighted by molar-refractivity contribution is -0.143. The van der Waals surface area contributed by atoms with Gasteiger partial charge < -0.3 is 4.74 Å². The maximum Gasteiger partial charge on any atom is 0.305 e. The Bertz CT molecular complexity index is 324. The fraction of sp³-hybridized carbons (Fsp3) is 0.963. The van der Waals surface area contributed by atoms with Gasteiger partial charge in [-0.1, -0.05) is 136 Å². The third-order valence-corrected chi connectivity index (χ3v) is 5.92. The number of ether oxygens (including phenoxy) is 1. The van der Waals surface area contributed by atoms with E-state index in [1.807, 2.05) is 0 Å². The second-order valence-electron chi connectivity index (χ2n) is 9.52. The first-order chi connectivity index (χ1) is 14.2. The summed E-state index contributed by atoms with van der Waals surface area (Å²) >= 11 is 0. The zero-order chi connectivity index (χ0) is 21.4. The molecule has 0 bridgehead atoms. The summed E-state index contributed by atoms with van der Waals surface area (Å²) in [5.74, 6) is 0.889. The van der Waals surface area contributed by atoms with Crippen LogP contribution in [-0.2, 0) is 9.53 Å². The SMILES string of the molecule is CCCCCCCCCOC(=O)CCCCCCCCCCCCCCC(C)C. The van der Waals surface area contributed by atoms with Crippen LogP contribution in [0.2, 0.25) is 0 Å². The number of carbonyl (C=O) groups is 1. The summed E-state index contributed by atoms with van der Waals surface area (Å²) in [5, 5.41) is 0. The van der Waals surface area contributed by atoms with Crippen LogP contribution in [0.5, 0.6) is 0 Å². The number of esters is 1. The molecule has 0 aliphatic heterocycles. The molecule has 174 valence electrons. The number of hydrogen-bond acceptors (Lipinski definition) is 2. The molecular formula is C27H54O2. The van der Waals surface area contributed by atoms with Gasteiger partial charge in [-0.3, -0.25) is 4.79 Å². The van der Waals surface area contributed by atoms with Crippen LogP contribution in [0.15, 0.2) is 0 Å². The van der Waals surface area contributed by atoms with E-state index in [2.05, 4.69) is 20.8 Å². The molecule has 0 N–H and O–H groups in total. The molecule has 0 unspecified atom stereocenters. The largest absolute Gasteiger partial charge is 0.466 e. The van der Waals surface area contributed by atoms with Crippen molar-refractivity contribution in [1.82, 2.24) is 0 Å². The number of hydrogen-bond donors (Lipinski definition) is 0. The third kappa shape index (κ3) is 25.4. The van der Waals surface area contributed by atoms with E-state index in [1.165, 1.54) is 116 Å². The second kappa shape index (κ2) is 23.7. The van der Waals surface area contributed by atoms with E-state index in [0.29, 0.717) is 13.0 Å². The molecule has 0 heterocycles. The van der Waals surface area contributed by atoms with Gasteiger partial charge >= 0.3 is 5.97 Å². The fourth-order valence-corrected chi connectivity index (χ4v) is 3.91. The molecule has 0 saturated heterocycles. The first kappa shape index (κ1) is 28.5. The summed E-state index contributed by atoms with van der Waals surface area (Å²) in [5.41, 5.74) is 0. The number of unbranched alkanes of at least 4 members (excludes halogenated alkanes) is 17. The zero-order valence-corrected chi connectivity index (χ0v) is 20.5. The Kier molecular flexibility index (Phi) is 23.3. The minimum absolute atomic E-state index is 0.0179. The Labute approximate surface area is 184 Å². The summed E-state index contributed by atoms with van der Waals surface area (Å²) in [7, 11) is 0. The normalized spacial score (nSPS) is 11.3. The molecule has 0 spiro atoms. The van der Waals surface area contributed by atoms with Gasteiger partial charge in [-0.2, -0.15) is 0 Å². The molecule has 2 nitrogen and oxygen atoms in total. The predicted molar refractivity (Wildman–Crippen MR) is 128 cm³/mol. The minimum Gasteiger partial charge on any atom is -0.466 e. The monoisotopic (exact) mass is 410 g/mol. The number of carbonyl (C=O) groups excluding carboxylic acids is 1. The molecule has 2 heteroatoms. The van der Waals surface area contributed by atoms with Gasteiger partial charge in [0.05, 0.1) is 6.61 Å². The van der Waals surface area contributed by atoms with Gasteiger partial charge in [0.15, 0.2) is 0 Å². The molecule has 0 aliphatic rings. The van der Waals surface area contributed by atoms with E-state index in [-0.39, 0.29) is 5.97 Å². The van der Waals surface area contributed by atoms with Gasteiger partial charge in [-0.25, -0.2) is 0 Å². The van der Waals surface area contributed by atoms with Gasteiger partial charge in [0.1, 0.15) is 0 Å². The number of rotatable bonds is 23. The van der Waals surface area contributed by atoms with Crippen molar-refractivity contribution in [3.8, 4) is 0 Å². The lowest BCUT2D eigenvalue weighted by Gasteiger charge is -2.06. The van der Waals surface area contributed by atoms with Crippen molar-refractivity contribution in [2.24, 2.45) is 5.92 Å². The Morgan fingerprint density at radius 2 is 1.00 bits per heavy atom. The van der Waals surface area contributed by atoms with Crippen LogP contribution in [0.4, 0.5) is 0 Å². The van der Waals surface area contributed by atoms with Crippen LogP contribution in [0, 0.1) is 5.92 Å². The first-order valence-corrected chi connectivity index (χ1v) is 13.3. The van der Waals surface area contributed by atoms with E-state index >= 15 is 0 Å². The smallest absolute Gasteiger partial charge is 0.305 e. The second-order valence-corrected chi connectivity index (χ2v) is 9.52. The summed E-state index contributed by atoms with van der Waals surface area (Å²) in [4.78, 5) is 11.7. The Morgan fingerprint density at radius 1 is 0.586 bits per heavy atom. The molecule has 0 fully saturated rings. The Balaban J connectivity index is 3.14. The van der Waals surface area contributed by atoms with Gasteiger partial charge in [-0.15, -0.1) is 0 Å². The minimum atomic E-state index is 0.0179. The van der Waals surface area contributed by atoms with Crippen molar-refractivity contribution in [3.05, 3.63) is 0 Å². The molecule has 0 aliphatic carbocycles. The van der Waals surface area contributed by atoms with E-state index < -0.39 is 0 Å². The van der Waals surface area contributed by atoms with E-state index in [1.54, 1.807) is 0 Å². The highest BCUT2D eigenvalue weighted by atomic mass is 16.5. The maximum atomic E-state index is 11.7. The lowest BCUT2D eigenvalue weighted by Crippen LogP contribution is -2.05. The zero-order valence-electron chi connectivity index (χ0n) is 20.5. The van der Waals surface area contributed by atoms with Crippen molar-refractivity contribution in [2.75, 3.05) is 6.61 Å². The van der Waals surface area contributed by atoms with Crippen molar-refractivity contribution >= 4 is 5.97 Å². The van der Waals surface area contributed by atoms with Crippen molar-refractivity contribution in [3.63, 3.8) is 0 Å². The Hall–Kier alpha value is -0.530. The van der Waals surface area contributed by atoms with E-state index in [0.717, 1.165) is 18.8 Å². The molecule has 0 aromatic rings. The van der Waals surface area contributed by atoms with Gasteiger partial charge in [0.25, 0.3) is 0 Å². The van der Waals surface area contributed by atoms with Crippen LogP contribution in [0.1, 0.15) is 156 Å². The molecule has 0 radical (unpaired) electrons. The standard InChI is InChI=1S/C27H54O2/c1-4-5-6-7-16-19-22-25-29-27(28)24-21-18-15-13-11-9-8-10-12-14-17-20-23-26(2)3/h26H,4-25H2,1-3H3. The summed E-state index contributed by atoms with van der Waals surface area (Å²) in [6.07, 6.45) is 27.0. The average Bonchev–Trinajstić information content (AvgIpc) is 2.70. The summed E-state index contributed by atoms with van der Waals surface area (Å²) in [6, 6.07) is 0. The molecule has 0 amide bonds. The molecule has 0 rings (SSSR count). The highest BCUT2D eigenvalue weighted by Crippen LogP contribution is 2.14. The van der Waals surface area contributed by atoms with Crippen LogP contribution in [0.3, 0.4) is 0 Å². The topological polar surface area (TPSA) is 26.3 Å². The van der Waals surface area contributed by atoms with Crippen LogP contribution in [-0.4, -0.2) is 12.6 Å². The molecule has 29 heavy (non-hydrogen) atoms. The highest BCUT2D eigenvalue weighted by molar-refractivity contribution is 5.69. The fourth-order valence-electron chi connectivity index (χ4n) is 3.91. The van der Waals surface area contributed by atoms with Gasteiger partial charge in [0.2, 0.25) is 0 Å². The van der Waals surface area contributed by atoms with Gasteiger partial charge in [0, 0.05) is 6.42 Å². The maximum absolute atomic E-state index is 11.7. The van der Waals surface area contributed by atoms with E-state index in [9.17, 15) is 4.79 Å². The molecule has 0 saturated carbocycles. The molecule has 0 aromatic heterocycles. The van der Waals surface area contributed by atoms with Crippen LogP contribution >= 0.6 is 0 Å². The first-order valence-electron chi connectivity index (χ1n) is 13.3.